The number of ether oxygens (including phenoxy) is 3. The van der Waals surface area contributed by atoms with Crippen LogP contribution in [0.25, 0.3) is 0 Å². The van der Waals surface area contributed by atoms with Crippen molar-refractivity contribution < 1.29 is 37.0 Å². The van der Waals surface area contributed by atoms with Gasteiger partial charge in [-0.2, -0.15) is 13.2 Å². The number of carbonyl (C=O) groups is 2. The molecule has 1 N–H and O–H groups in total. The number of benzene rings is 2. The maximum atomic E-state index is 12.6. The van der Waals surface area contributed by atoms with Crippen LogP contribution in [0.3, 0.4) is 0 Å². The molecular formula is C19H16F3NO5. The molecule has 6 nitrogen and oxygen atoms in total. The minimum Gasteiger partial charge on any atom is -0.466 e. The van der Waals surface area contributed by atoms with Crippen molar-refractivity contribution in [3.05, 3.63) is 65.9 Å². The van der Waals surface area contributed by atoms with Crippen molar-refractivity contribution in [1.82, 2.24) is 0 Å². The Hall–Kier alpha value is -3.49. The largest absolute Gasteiger partial charge is 0.466 e. The SMILES string of the molecule is COC(=O)/C=C(/Nc1ccc(Oc2ccc(C(F)(F)F)cc2)cc1)C(=O)OC. The zero-order valence-electron chi connectivity index (χ0n) is 14.9. The summed E-state index contributed by atoms with van der Waals surface area (Å²) in [5.74, 6) is -0.915. The second-order valence-electron chi connectivity index (χ2n) is 5.35. The molecule has 0 fully saturated rings. The number of rotatable bonds is 6. The second kappa shape index (κ2) is 8.94. The van der Waals surface area contributed by atoms with Crippen LogP contribution in [-0.4, -0.2) is 26.2 Å². The molecule has 28 heavy (non-hydrogen) atoms. The van der Waals surface area contributed by atoms with E-state index in [2.05, 4.69) is 14.8 Å². The molecule has 0 bridgehead atoms. The summed E-state index contributed by atoms with van der Waals surface area (Å²) in [6, 6.07) is 10.4. The highest BCUT2D eigenvalue weighted by Gasteiger charge is 2.30. The van der Waals surface area contributed by atoms with E-state index in [-0.39, 0.29) is 11.4 Å². The fourth-order valence-corrected chi connectivity index (χ4v) is 2.04. The Bertz CT molecular complexity index is 859. The van der Waals surface area contributed by atoms with Crippen LogP contribution in [0.15, 0.2) is 60.3 Å². The molecule has 0 saturated carbocycles. The summed E-state index contributed by atoms with van der Waals surface area (Å²) in [6.07, 6.45) is -3.47. The number of alkyl halides is 3. The standard InChI is InChI=1S/C19H16F3NO5/c1-26-17(24)11-16(18(25)27-2)23-13-5-9-15(10-6-13)28-14-7-3-12(4-8-14)19(20,21)22/h3-11,23H,1-2H3/b16-11+. The summed E-state index contributed by atoms with van der Waals surface area (Å²) in [5.41, 5.74) is -0.460. The van der Waals surface area contributed by atoms with Gasteiger partial charge in [-0.05, 0) is 48.5 Å². The fourth-order valence-electron chi connectivity index (χ4n) is 2.04. The highest BCUT2D eigenvalue weighted by Crippen LogP contribution is 2.31. The summed E-state index contributed by atoms with van der Waals surface area (Å²) in [5, 5.41) is 2.72. The number of hydrogen-bond donors (Lipinski definition) is 1. The smallest absolute Gasteiger partial charge is 0.416 e. The van der Waals surface area contributed by atoms with E-state index in [1.165, 1.54) is 31.4 Å². The molecule has 0 aromatic heterocycles. The summed E-state index contributed by atoms with van der Waals surface area (Å²) in [4.78, 5) is 23.0. The minimum absolute atomic E-state index is 0.134. The van der Waals surface area contributed by atoms with Crippen molar-refractivity contribution in [2.75, 3.05) is 19.5 Å². The Morgan fingerprint density at radius 3 is 1.89 bits per heavy atom. The molecule has 2 aromatic carbocycles. The number of anilines is 1. The molecule has 0 aliphatic carbocycles. The van der Waals surface area contributed by atoms with E-state index in [0.29, 0.717) is 11.4 Å². The highest BCUT2D eigenvalue weighted by molar-refractivity contribution is 5.98. The molecule has 0 heterocycles. The van der Waals surface area contributed by atoms with E-state index < -0.39 is 23.7 Å². The highest BCUT2D eigenvalue weighted by atomic mass is 19.4. The zero-order valence-corrected chi connectivity index (χ0v) is 14.9. The van der Waals surface area contributed by atoms with E-state index in [9.17, 15) is 22.8 Å². The molecule has 0 radical (unpaired) electrons. The monoisotopic (exact) mass is 395 g/mol. The van der Waals surface area contributed by atoms with E-state index in [4.69, 9.17) is 4.74 Å². The molecule has 0 spiro atoms. The van der Waals surface area contributed by atoms with Crippen molar-refractivity contribution in [3.8, 4) is 11.5 Å². The van der Waals surface area contributed by atoms with Gasteiger partial charge in [-0.3, -0.25) is 0 Å². The number of esters is 2. The van der Waals surface area contributed by atoms with Crippen molar-refractivity contribution in [2.45, 2.75) is 6.18 Å². The number of halogens is 3. The van der Waals surface area contributed by atoms with Gasteiger partial charge in [0.1, 0.15) is 17.2 Å². The summed E-state index contributed by atoms with van der Waals surface area (Å²) in [6.45, 7) is 0. The first-order valence-corrected chi connectivity index (χ1v) is 7.83. The molecule has 2 aromatic rings. The third kappa shape index (κ3) is 5.76. The van der Waals surface area contributed by atoms with E-state index >= 15 is 0 Å². The lowest BCUT2D eigenvalue weighted by Gasteiger charge is -2.11. The van der Waals surface area contributed by atoms with Gasteiger partial charge in [0.05, 0.1) is 25.9 Å². The van der Waals surface area contributed by atoms with Gasteiger partial charge >= 0.3 is 18.1 Å². The van der Waals surface area contributed by atoms with E-state index in [1.807, 2.05) is 0 Å². The molecule has 0 aliphatic heterocycles. The first-order valence-electron chi connectivity index (χ1n) is 7.83. The first-order chi connectivity index (χ1) is 13.2. The van der Waals surface area contributed by atoms with Gasteiger partial charge in [0.2, 0.25) is 0 Å². The van der Waals surface area contributed by atoms with Gasteiger partial charge in [-0.1, -0.05) is 0 Å². The molecule has 2 rings (SSSR count). The first kappa shape index (κ1) is 20.8. The van der Waals surface area contributed by atoms with Gasteiger partial charge in [0, 0.05) is 5.69 Å². The molecule has 0 atom stereocenters. The molecule has 0 aliphatic rings. The van der Waals surface area contributed by atoms with Crippen LogP contribution in [-0.2, 0) is 25.2 Å². The van der Waals surface area contributed by atoms with Crippen molar-refractivity contribution in [3.63, 3.8) is 0 Å². The average Bonchev–Trinajstić information content (AvgIpc) is 2.67. The topological polar surface area (TPSA) is 73.9 Å². The van der Waals surface area contributed by atoms with Crippen LogP contribution >= 0.6 is 0 Å². The third-order valence-electron chi connectivity index (χ3n) is 3.42. The van der Waals surface area contributed by atoms with Crippen molar-refractivity contribution in [2.24, 2.45) is 0 Å². The predicted octanol–water partition coefficient (Wildman–Crippen LogP) is 4.14. The molecule has 0 saturated heterocycles. The molecule has 0 unspecified atom stereocenters. The third-order valence-corrected chi connectivity index (χ3v) is 3.42. The van der Waals surface area contributed by atoms with E-state index in [1.54, 1.807) is 12.1 Å². The number of nitrogens with one attached hydrogen (secondary N) is 1. The van der Waals surface area contributed by atoms with Gasteiger partial charge in [0.15, 0.2) is 0 Å². The fraction of sp³-hybridized carbons (Fsp3) is 0.158. The second-order valence-corrected chi connectivity index (χ2v) is 5.35. The summed E-state index contributed by atoms with van der Waals surface area (Å²) < 4.78 is 52.2. The zero-order chi connectivity index (χ0) is 20.7. The van der Waals surface area contributed by atoms with Crippen LogP contribution < -0.4 is 10.1 Å². The lowest BCUT2D eigenvalue weighted by Crippen LogP contribution is -2.15. The van der Waals surface area contributed by atoms with Gasteiger partial charge in [-0.15, -0.1) is 0 Å². The number of methoxy groups -OCH3 is 2. The lowest BCUT2D eigenvalue weighted by molar-refractivity contribution is -0.138. The molecule has 9 heteroatoms. The summed E-state index contributed by atoms with van der Waals surface area (Å²) in [7, 11) is 2.33. The van der Waals surface area contributed by atoms with Crippen LogP contribution in [0, 0.1) is 0 Å². The average molecular weight is 395 g/mol. The van der Waals surface area contributed by atoms with E-state index in [0.717, 1.165) is 25.3 Å². The molecule has 148 valence electrons. The van der Waals surface area contributed by atoms with Gasteiger partial charge in [0.25, 0.3) is 0 Å². The number of hydrogen-bond acceptors (Lipinski definition) is 6. The van der Waals surface area contributed by atoms with Crippen LogP contribution in [0.2, 0.25) is 0 Å². The Morgan fingerprint density at radius 1 is 0.893 bits per heavy atom. The maximum absolute atomic E-state index is 12.6. The summed E-state index contributed by atoms with van der Waals surface area (Å²) >= 11 is 0. The minimum atomic E-state index is -4.42. The van der Waals surface area contributed by atoms with Crippen LogP contribution in [0.5, 0.6) is 11.5 Å². The Balaban J connectivity index is 2.09. The van der Waals surface area contributed by atoms with Crippen molar-refractivity contribution in [1.29, 1.82) is 0 Å². The van der Waals surface area contributed by atoms with Gasteiger partial charge in [-0.25, -0.2) is 9.59 Å². The Morgan fingerprint density at radius 2 is 1.43 bits per heavy atom. The normalized spacial score (nSPS) is 11.5. The molecule has 0 amide bonds. The quantitative estimate of drug-likeness (QED) is 0.585. The maximum Gasteiger partial charge on any atom is 0.416 e. The lowest BCUT2D eigenvalue weighted by atomic mass is 10.2. The predicted molar refractivity (Wildman–Crippen MR) is 93.7 cm³/mol. The molecular weight excluding hydrogens is 379 g/mol. The Kier molecular flexibility index (Phi) is 6.64. The number of carbonyl (C=O) groups excluding carboxylic acids is 2. The van der Waals surface area contributed by atoms with Crippen LogP contribution in [0.1, 0.15) is 5.56 Å². The van der Waals surface area contributed by atoms with Gasteiger partial charge < -0.3 is 19.5 Å². The Labute approximate surface area is 158 Å². The van der Waals surface area contributed by atoms with Crippen LogP contribution in [0.4, 0.5) is 18.9 Å². The van der Waals surface area contributed by atoms with Crippen molar-refractivity contribution >= 4 is 17.6 Å².